The van der Waals surface area contributed by atoms with E-state index in [2.05, 4.69) is 10.1 Å². The minimum absolute atomic E-state index is 0.0270. The third-order valence-corrected chi connectivity index (χ3v) is 3.47. The number of nitrogens with zero attached hydrogens (tertiary/aromatic N) is 2. The van der Waals surface area contributed by atoms with Crippen LogP contribution in [-0.4, -0.2) is 29.5 Å². The third kappa shape index (κ3) is 2.34. The number of aromatic nitrogens is 2. The van der Waals surface area contributed by atoms with E-state index in [0.29, 0.717) is 23.6 Å². The predicted molar refractivity (Wildman–Crippen MR) is 72.6 cm³/mol. The Bertz CT molecular complexity index is 591. The molecule has 0 fully saturated rings. The molecule has 0 aliphatic heterocycles. The van der Waals surface area contributed by atoms with Crippen LogP contribution in [0, 0.1) is 0 Å². The molecule has 1 aromatic heterocycles. The van der Waals surface area contributed by atoms with Gasteiger partial charge in [-0.25, -0.2) is 0 Å². The Labute approximate surface area is 117 Å². The van der Waals surface area contributed by atoms with Crippen molar-refractivity contribution < 1.29 is 19.1 Å². The Kier molecular flexibility index (Phi) is 3.94. The molecule has 0 saturated carbocycles. The lowest BCUT2D eigenvalue weighted by Gasteiger charge is -2.21. The molecule has 0 spiro atoms. The van der Waals surface area contributed by atoms with E-state index in [0.717, 1.165) is 0 Å². The molecular weight excluding hydrogens is 260 g/mol. The van der Waals surface area contributed by atoms with E-state index in [1.165, 1.54) is 7.11 Å². The summed E-state index contributed by atoms with van der Waals surface area (Å²) in [6.45, 7) is 3.86. The smallest absolute Gasteiger partial charge is 0.261 e. The first-order valence-electron chi connectivity index (χ1n) is 6.31. The highest BCUT2D eigenvalue weighted by Crippen LogP contribution is 2.37. The number of ether oxygens (including phenoxy) is 2. The predicted octanol–water partition coefficient (Wildman–Crippen LogP) is 2.72. The summed E-state index contributed by atoms with van der Waals surface area (Å²) in [7, 11) is 3.08. The number of phenols is 1. The van der Waals surface area contributed by atoms with Crippen molar-refractivity contribution in [1.29, 1.82) is 0 Å². The molecule has 2 rings (SSSR count). The molecule has 0 aliphatic carbocycles. The fraction of sp³-hybridized carbons (Fsp3) is 0.429. The van der Waals surface area contributed by atoms with Gasteiger partial charge in [-0.05, 0) is 25.5 Å². The van der Waals surface area contributed by atoms with E-state index >= 15 is 0 Å². The fourth-order valence-corrected chi connectivity index (χ4v) is 1.80. The van der Waals surface area contributed by atoms with Crippen molar-refractivity contribution in [3.05, 3.63) is 24.0 Å². The number of methoxy groups -OCH3 is 2. The van der Waals surface area contributed by atoms with Gasteiger partial charge < -0.3 is 19.1 Å². The molecule has 0 saturated heterocycles. The number of rotatable bonds is 5. The monoisotopic (exact) mass is 278 g/mol. The van der Waals surface area contributed by atoms with Crippen LogP contribution in [0.5, 0.6) is 11.5 Å². The van der Waals surface area contributed by atoms with Crippen molar-refractivity contribution in [2.75, 3.05) is 14.2 Å². The quantitative estimate of drug-likeness (QED) is 0.906. The summed E-state index contributed by atoms with van der Waals surface area (Å²) in [4.78, 5) is 4.31. The normalized spacial score (nSPS) is 14.0. The zero-order valence-corrected chi connectivity index (χ0v) is 12.0. The highest BCUT2D eigenvalue weighted by atomic mass is 16.5. The molecule has 2 aromatic rings. The summed E-state index contributed by atoms with van der Waals surface area (Å²) in [5.74, 6) is 1.00. The van der Waals surface area contributed by atoms with E-state index in [4.69, 9.17) is 14.0 Å². The Morgan fingerprint density at radius 1 is 1.35 bits per heavy atom. The lowest BCUT2D eigenvalue weighted by Crippen LogP contribution is -2.24. The Hall–Kier alpha value is -2.08. The summed E-state index contributed by atoms with van der Waals surface area (Å²) >= 11 is 0. The zero-order valence-electron chi connectivity index (χ0n) is 12.0. The van der Waals surface area contributed by atoms with Crippen molar-refractivity contribution in [3.63, 3.8) is 0 Å². The van der Waals surface area contributed by atoms with Crippen LogP contribution in [0.4, 0.5) is 0 Å². The summed E-state index contributed by atoms with van der Waals surface area (Å²) < 4.78 is 15.7. The van der Waals surface area contributed by atoms with Crippen LogP contribution in [0.15, 0.2) is 22.7 Å². The van der Waals surface area contributed by atoms with Crippen molar-refractivity contribution in [1.82, 2.24) is 10.1 Å². The molecule has 6 heteroatoms. The molecular formula is C14H18N2O4. The molecule has 20 heavy (non-hydrogen) atoms. The van der Waals surface area contributed by atoms with Gasteiger partial charge in [0.15, 0.2) is 11.5 Å². The van der Waals surface area contributed by atoms with Crippen LogP contribution in [-0.2, 0) is 10.3 Å². The van der Waals surface area contributed by atoms with Crippen LogP contribution >= 0.6 is 0 Å². The van der Waals surface area contributed by atoms with Crippen molar-refractivity contribution >= 4 is 0 Å². The van der Waals surface area contributed by atoms with Crippen LogP contribution in [0.2, 0.25) is 0 Å². The average molecular weight is 278 g/mol. The Balaban J connectivity index is 2.44. The second-order valence-electron chi connectivity index (χ2n) is 4.57. The first-order valence-corrected chi connectivity index (χ1v) is 6.31. The van der Waals surface area contributed by atoms with Gasteiger partial charge in [0, 0.05) is 7.11 Å². The number of benzene rings is 1. The highest BCUT2D eigenvalue weighted by Gasteiger charge is 2.30. The van der Waals surface area contributed by atoms with Gasteiger partial charge in [0.05, 0.1) is 12.7 Å². The van der Waals surface area contributed by atoms with E-state index < -0.39 is 5.60 Å². The summed E-state index contributed by atoms with van der Waals surface area (Å²) in [6, 6.07) is 5.08. The van der Waals surface area contributed by atoms with Gasteiger partial charge in [0.25, 0.3) is 5.89 Å². The Morgan fingerprint density at radius 3 is 2.70 bits per heavy atom. The van der Waals surface area contributed by atoms with Crippen LogP contribution in [0.1, 0.15) is 26.1 Å². The second-order valence-corrected chi connectivity index (χ2v) is 4.57. The second kappa shape index (κ2) is 5.50. The van der Waals surface area contributed by atoms with Gasteiger partial charge in [0.2, 0.25) is 5.82 Å². The molecule has 108 valence electrons. The molecule has 1 aromatic carbocycles. The maximum absolute atomic E-state index is 10.1. The van der Waals surface area contributed by atoms with E-state index in [1.54, 1.807) is 25.3 Å². The molecule has 1 heterocycles. The number of hydrogen-bond acceptors (Lipinski definition) is 6. The fourth-order valence-electron chi connectivity index (χ4n) is 1.80. The van der Waals surface area contributed by atoms with Gasteiger partial charge in [-0.1, -0.05) is 18.1 Å². The van der Waals surface area contributed by atoms with E-state index in [1.807, 2.05) is 13.8 Å². The minimum atomic E-state index is -0.615. The van der Waals surface area contributed by atoms with Crippen LogP contribution in [0.3, 0.4) is 0 Å². The maximum Gasteiger partial charge on any atom is 0.261 e. The van der Waals surface area contributed by atoms with Gasteiger partial charge >= 0.3 is 0 Å². The number of hydrogen-bond donors (Lipinski definition) is 1. The van der Waals surface area contributed by atoms with Gasteiger partial charge in [-0.2, -0.15) is 4.98 Å². The first kappa shape index (κ1) is 14.3. The SMILES string of the molecule is CCC(C)(OC)c1noc(-c2cccc(OC)c2O)n1. The molecule has 1 atom stereocenters. The molecule has 0 aliphatic rings. The van der Waals surface area contributed by atoms with Gasteiger partial charge in [-0.3, -0.25) is 0 Å². The molecule has 0 radical (unpaired) electrons. The molecule has 0 bridgehead atoms. The van der Waals surface area contributed by atoms with Crippen LogP contribution < -0.4 is 4.74 Å². The lowest BCUT2D eigenvalue weighted by molar-refractivity contribution is -0.0106. The van der Waals surface area contributed by atoms with E-state index in [9.17, 15) is 5.11 Å². The van der Waals surface area contributed by atoms with Gasteiger partial charge in [-0.15, -0.1) is 0 Å². The molecule has 6 nitrogen and oxygen atoms in total. The molecule has 1 unspecified atom stereocenters. The first-order chi connectivity index (χ1) is 9.55. The third-order valence-electron chi connectivity index (χ3n) is 3.47. The summed E-state index contributed by atoms with van der Waals surface area (Å²) in [5, 5.41) is 14.0. The zero-order chi connectivity index (χ0) is 14.8. The molecule has 0 amide bonds. The highest BCUT2D eigenvalue weighted by molar-refractivity contribution is 5.66. The summed E-state index contributed by atoms with van der Waals surface area (Å²) in [5.41, 5.74) is -0.186. The van der Waals surface area contributed by atoms with Crippen molar-refractivity contribution in [2.24, 2.45) is 0 Å². The summed E-state index contributed by atoms with van der Waals surface area (Å²) in [6.07, 6.45) is 0.701. The number of phenolic OH excluding ortho intramolecular Hbond substituents is 1. The Morgan fingerprint density at radius 2 is 2.10 bits per heavy atom. The number of aromatic hydroxyl groups is 1. The van der Waals surface area contributed by atoms with Gasteiger partial charge in [0.1, 0.15) is 5.60 Å². The lowest BCUT2D eigenvalue weighted by atomic mass is 10.0. The van der Waals surface area contributed by atoms with Crippen molar-refractivity contribution in [2.45, 2.75) is 25.9 Å². The minimum Gasteiger partial charge on any atom is -0.504 e. The van der Waals surface area contributed by atoms with E-state index in [-0.39, 0.29) is 11.6 Å². The maximum atomic E-state index is 10.1. The van der Waals surface area contributed by atoms with Crippen molar-refractivity contribution in [3.8, 4) is 23.0 Å². The van der Waals surface area contributed by atoms with Crippen LogP contribution in [0.25, 0.3) is 11.5 Å². The number of para-hydroxylation sites is 1. The topological polar surface area (TPSA) is 77.6 Å². The molecule has 1 N–H and O–H groups in total. The average Bonchev–Trinajstić information content (AvgIpc) is 2.97. The largest absolute Gasteiger partial charge is 0.504 e. The standard InChI is InChI=1S/C14H18N2O4/c1-5-14(2,19-4)13-15-12(20-16-13)9-7-6-8-10(18-3)11(9)17/h6-8,17H,5H2,1-4H3.